The predicted octanol–water partition coefficient (Wildman–Crippen LogP) is -1.51. The Balaban J connectivity index is 2.17. The number of ether oxygens (including phenoxy) is 2. The summed E-state index contributed by atoms with van der Waals surface area (Å²) in [6.45, 7) is -0.568. The first-order valence-electron chi connectivity index (χ1n) is 6.71. The van der Waals surface area contributed by atoms with Gasteiger partial charge in [0.15, 0.2) is 0 Å². The Labute approximate surface area is 126 Å². The van der Waals surface area contributed by atoms with Crippen molar-refractivity contribution < 1.29 is 39.8 Å². The molecule has 22 heavy (non-hydrogen) atoms. The van der Waals surface area contributed by atoms with E-state index in [0.717, 1.165) is 0 Å². The largest absolute Gasteiger partial charge is 0.481 e. The zero-order chi connectivity index (χ0) is 16.3. The first-order valence-corrected chi connectivity index (χ1v) is 6.71. The van der Waals surface area contributed by atoms with E-state index in [4.69, 9.17) is 19.7 Å². The van der Waals surface area contributed by atoms with E-state index in [1.54, 1.807) is 18.2 Å². The third kappa shape index (κ3) is 3.54. The van der Waals surface area contributed by atoms with Crippen LogP contribution in [0, 0.1) is 0 Å². The van der Waals surface area contributed by atoms with Gasteiger partial charge in [0, 0.05) is 5.56 Å². The highest BCUT2D eigenvalue weighted by atomic mass is 16.7. The number of rotatable bonds is 5. The molecule has 0 saturated carbocycles. The molecule has 1 saturated heterocycles. The van der Waals surface area contributed by atoms with Gasteiger partial charge in [-0.3, -0.25) is 4.79 Å². The summed E-state index contributed by atoms with van der Waals surface area (Å²) in [6, 6.07) is 6.30. The Bertz CT molecular complexity index is 517. The monoisotopic (exact) mass is 314 g/mol. The van der Waals surface area contributed by atoms with Crippen molar-refractivity contribution in [2.75, 3.05) is 6.61 Å². The van der Waals surface area contributed by atoms with Crippen LogP contribution in [0.1, 0.15) is 5.56 Å². The maximum absolute atomic E-state index is 10.8. The maximum Gasteiger partial charge on any atom is 0.307 e. The molecule has 5 N–H and O–H groups in total. The van der Waals surface area contributed by atoms with Crippen molar-refractivity contribution in [3.05, 3.63) is 29.8 Å². The Morgan fingerprint density at radius 1 is 1.14 bits per heavy atom. The Morgan fingerprint density at radius 3 is 2.45 bits per heavy atom. The fourth-order valence-electron chi connectivity index (χ4n) is 2.22. The maximum atomic E-state index is 10.8. The van der Waals surface area contributed by atoms with Crippen LogP contribution in [0.4, 0.5) is 0 Å². The van der Waals surface area contributed by atoms with E-state index in [1.165, 1.54) is 6.07 Å². The number of benzene rings is 1. The molecule has 1 heterocycles. The summed E-state index contributed by atoms with van der Waals surface area (Å²) in [5.74, 6) is -0.876. The normalized spacial score (nSPS) is 31.7. The molecular formula is C14H18O8. The van der Waals surface area contributed by atoms with Gasteiger partial charge in [0.25, 0.3) is 0 Å². The fraction of sp³-hybridized carbons (Fsp3) is 0.500. The van der Waals surface area contributed by atoms with Crippen LogP contribution in [0.25, 0.3) is 0 Å². The van der Waals surface area contributed by atoms with Crippen molar-refractivity contribution in [1.82, 2.24) is 0 Å². The standard InChI is InChI=1S/C14H18O8/c15-6-9-11(18)12(19)13(20)14(22-9)21-8-4-2-1-3-7(8)5-10(16)17/h1-4,9,11-15,18-20H,5-6H2,(H,16,17)/t9-,11+,12+,13-,14?/m1/s1. The van der Waals surface area contributed by atoms with Crippen LogP contribution in [0.5, 0.6) is 5.75 Å². The Hall–Kier alpha value is -1.71. The predicted molar refractivity (Wildman–Crippen MR) is 72.2 cm³/mol. The lowest BCUT2D eigenvalue weighted by Gasteiger charge is -2.39. The number of hydrogen-bond acceptors (Lipinski definition) is 7. The van der Waals surface area contributed by atoms with Crippen molar-refractivity contribution in [3.8, 4) is 5.75 Å². The second-order valence-corrected chi connectivity index (χ2v) is 4.99. The quantitative estimate of drug-likeness (QED) is 0.442. The van der Waals surface area contributed by atoms with Gasteiger partial charge in [-0.1, -0.05) is 18.2 Å². The molecule has 1 aromatic carbocycles. The van der Waals surface area contributed by atoms with Crippen LogP contribution in [-0.2, 0) is 16.0 Å². The summed E-state index contributed by atoms with van der Waals surface area (Å²) in [5.41, 5.74) is 0.368. The van der Waals surface area contributed by atoms with Crippen LogP contribution in [-0.4, -0.2) is 68.8 Å². The zero-order valence-corrected chi connectivity index (χ0v) is 11.6. The van der Waals surface area contributed by atoms with E-state index in [2.05, 4.69) is 0 Å². The van der Waals surface area contributed by atoms with Gasteiger partial charge >= 0.3 is 5.97 Å². The van der Waals surface area contributed by atoms with Crippen molar-refractivity contribution >= 4 is 5.97 Å². The molecule has 8 heteroatoms. The van der Waals surface area contributed by atoms with Gasteiger partial charge in [-0.05, 0) is 6.07 Å². The van der Waals surface area contributed by atoms with E-state index in [1.807, 2.05) is 0 Å². The molecule has 0 aliphatic carbocycles. The molecule has 1 aromatic rings. The lowest BCUT2D eigenvalue weighted by atomic mass is 9.99. The molecule has 1 aliphatic heterocycles. The molecule has 1 fully saturated rings. The third-order valence-corrected chi connectivity index (χ3v) is 3.41. The molecule has 0 radical (unpaired) electrons. The molecule has 1 aliphatic rings. The second kappa shape index (κ2) is 7.03. The zero-order valence-electron chi connectivity index (χ0n) is 11.6. The number of aliphatic hydroxyl groups excluding tert-OH is 4. The number of aliphatic hydroxyl groups is 4. The summed E-state index contributed by atoms with van der Waals surface area (Å²) in [7, 11) is 0. The summed E-state index contributed by atoms with van der Waals surface area (Å²) in [5, 5.41) is 47.3. The summed E-state index contributed by atoms with van der Waals surface area (Å²) >= 11 is 0. The average Bonchev–Trinajstić information content (AvgIpc) is 2.49. The minimum Gasteiger partial charge on any atom is -0.481 e. The molecule has 0 spiro atoms. The molecule has 1 unspecified atom stereocenters. The van der Waals surface area contributed by atoms with Crippen molar-refractivity contribution in [2.24, 2.45) is 0 Å². The van der Waals surface area contributed by atoms with Gasteiger partial charge in [-0.15, -0.1) is 0 Å². The topological polar surface area (TPSA) is 137 Å². The van der Waals surface area contributed by atoms with Gasteiger partial charge in [0.1, 0.15) is 30.2 Å². The van der Waals surface area contributed by atoms with Crippen LogP contribution in [0.3, 0.4) is 0 Å². The van der Waals surface area contributed by atoms with Crippen molar-refractivity contribution in [1.29, 1.82) is 0 Å². The second-order valence-electron chi connectivity index (χ2n) is 4.99. The fourth-order valence-corrected chi connectivity index (χ4v) is 2.22. The number of carboxylic acids is 1. The molecule has 0 bridgehead atoms. The molecular weight excluding hydrogens is 296 g/mol. The van der Waals surface area contributed by atoms with Crippen molar-refractivity contribution in [3.63, 3.8) is 0 Å². The molecule has 2 rings (SSSR count). The number of hydrogen-bond donors (Lipinski definition) is 5. The van der Waals surface area contributed by atoms with E-state index in [0.29, 0.717) is 5.56 Å². The highest BCUT2D eigenvalue weighted by Gasteiger charge is 2.44. The van der Waals surface area contributed by atoms with Crippen LogP contribution >= 0.6 is 0 Å². The summed E-state index contributed by atoms with van der Waals surface area (Å²) < 4.78 is 10.6. The number of aliphatic carboxylic acids is 1. The lowest BCUT2D eigenvalue weighted by molar-refractivity contribution is -0.277. The smallest absolute Gasteiger partial charge is 0.307 e. The summed E-state index contributed by atoms with van der Waals surface area (Å²) in [4.78, 5) is 10.8. The van der Waals surface area contributed by atoms with Crippen LogP contribution in [0.2, 0.25) is 0 Å². The minimum atomic E-state index is -1.55. The number of carbonyl (C=O) groups is 1. The molecule has 8 nitrogen and oxygen atoms in total. The van der Waals surface area contributed by atoms with E-state index >= 15 is 0 Å². The van der Waals surface area contributed by atoms with Gasteiger partial charge in [0.2, 0.25) is 6.29 Å². The van der Waals surface area contributed by atoms with Crippen LogP contribution < -0.4 is 4.74 Å². The van der Waals surface area contributed by atoms with Crippen LogP contribution in [0.15, 0.2) is 24.3 Å². The lowest BCUT2D eigenvalue weighted by Crippen LogP contribution is -2.60. The Morgan fingerprint density at radius 2 is 1.82 bits per heavy atom. The van der Waals surface area contributed by atoms with Crippen molar-refractivity contribution in [2.45, 2.75) is 37.1 Å². The number of carboxylic acid groups (broad SMARTS) is 1. The SMILES string of the molecule is O=C(O)Cc1ccccc1OC1O[C@H](CO)[C@H](O)[C@H](O)[C@H]1O. The minimum absolute atomic E-state index is 0.175. The van der Waals surface area contributed by atoms with Gasteiger partial charge in [-0.2, -0.15) is 0 Å². The first-order chi connectivity index (χ1) is 10.4. The molecule has 122 valence electrons. The highest BCUT2D eigenvalue weighted by Crippen LogP contribution is 2.26. The Kier molecular flexibility index (Phi) is 5.33. The van der Waals surface area contributed by atoms with E-state index in [-0.39, 0.29) is 12.2 Å². The first kappa shape index (κ1) is 16.7. The van der Waals surface area contributed by atoms with Gasteiger partial charge < -0.3 is 35.0 Å². The van der Waals surface area contributed by atoms with E-state index in [9.17, 15) is 20.1 Å². The van der Waals surface area contributed by atoms with Gasteiger partial charge in [0.05, 0.1) is 13.0 Å². The molecule has 0 amide bonds. The van der Waals surface area contributed by atoms with E-state index < -0.39 is 43.3 Å². The highest BCUT2D eigenvalue weighted by molar-refractivity contribution is 5.71. The number of para-hydroxylation sites is 1. The van der Waals surface area contributed by atoms with Gasteiger partial charge in [-0.25, -0.2) is 0 Å². The molecule has 5 atom stereocenters. The molecule has 0 aromatic heterocycles. The average molecular weight is 314 g/mol. The third-order valence-electron chi connectivity index (χ3n) is 3.41. The summed E-state index contributed by atoms with van der Waals surface area (Å²) in [6.07, 6.45) is -7.29.